The number of hydrogen-bond acceptors (Lipinski definition) is 5. The van der Waals surface area contributed by atoms with Crippen molar-refractivity contribution >= 4 is 41.2 Å². The van der Waals surface area contributed by atoms with Crippen molar-refractivity contribution in [3.63, 3.8) is 0 Å². The molecule has 1 aromatic heterocycles. The summed E-state index contributed by atoms with van der Waals surface area (Å²) in [5.74, 6) is -1.82. The van der Waals surface area contributed by atoms with Crippen LogP contribution in [0.1, 0.15) is 39.7 Å². The molecule has 0 aliphatic rings. The summed E-state index contributed by atoms with van der Waals surface area (Å²) in [6, 6.07) is 16.8. The quantitative estimate of drug-likeness (QED) is 0.304. The lowest BCUT2D eigenvalue weighted by molar-refractivity contribution is -0.139. The molecular weight excluding hydrogens is 503 g/mol. The Hall–Kier alpha value is -3.23. The van der Waals surface area contributed by atoms with Crippen molar-refractivity contribution in [2.24, 2.45) is 0 Å². The molecule has 7 nitrogen and oxygen atoms in total. The standard InChI is InChI=1S/C27H26Cl2N2O5/c1-35-16-17-36-25(22-9-2-3-15-30-22)19-13-11-18(12-14-19)6-4-10-23(27(33)34)31-26(32)24-20(28)7-5-8-21(24)29/h2-9,11-15,23,25H,10,16-17H2,1H3,(H,31,32)(H,33,34)/b6-4+. The van der Waals surface area contributed by atoms with Crippen LogP contribution in [0.25, 0.3) is 6.08 Å². The van der Waals surface area contributed by atoms with E-state index < -0.39 is 17.9 Å². The largest absolute Gasteiger partial charge is 0.480 e. The van der Waals surface area contributed by atoms with Gasteiger partial charge in [0, 0.05) is 13.3 Å². The highest BCUT2D eigenvalue weighted by molar-refractivity contribution is 6.39. The minimum atomic E-state index is -1.17. The smallest absolute Gasteiger partial charge is 0.326 e. The van der Waals surface area contributed by atoms with Crippen LogP contribution in [0.4, 0.5) is 0 Å². The number of carboxylic acids is 1. The van der Waals surface area contributed by atoms with Gasteiger partial charge in [-0.25, -0.2) is 4.79 Å². The number of methoxy groups -OCH3 is 1. The van der Waals surface area contributed by atoms with Crippen molar-refractivity contribution in [2.45, 2.75) is 18.6 Å². The van der Waals surface area contributed by atoms with Gasteiger partial charge >= 0.3 is 5.97 Å². The molecule has 0 aliphatic heterocycles. The number of carbonyl (C=O) groups excluding carboxylic acids is 1. The Morgan fingerprint density at radius 1 is 1.03 bits per heavy atom. The molecular formula is C27H26Cl2N2O5. The van der Waals surface area contributed by atoms with Crippen molar-refractivity contribution in [1.82, 2.24) is 10.3 Å². The van der Waals surface area contributed by atoms with Gasteiger partial charge in [-0.05, 0) is 41.8 Å². The summed E-state index contributed by atoms with van der Waals surface area (Å²) in [7, 11) is 1.62. The van der Waals surface area contributed by atoms with Crippen molar-refractivity contribution in [2.75, 3.05) is 20.3 Å². The van der Waals surface area contributed by atoms with Gasteiger partial charge in [0.15, 0.2) is 0 Å². The summed E-state index contributed by atoms with van der Waals surface area (Å²) < 4.78 is 11.1. The number of halogens is 2. The van der Waals surface area contributed by atoms with Crippen LogP contribution in [-0.4, -0.2) is 48.3 Å². The number of rotatable bonds is 12. The number of aromatic nitrogens is 1. The van der Waals surface area contributed by atoms with Crippen LogP contribution in [0.3, 0.4) is 0 Å². The fourth-order valence-corrected chi connectivity index (χ4v) is 3.99. The van der Waals surface area contributed by atoms with Crippen LogP contribution < -0.4 is 5.32 Å². The molecule has 2 N–H and O–H groups in total. The van der Waals surface area contributed by atoms with E-state index in [0.717, 1.165) is 16.8 Å². The van der Waals surface area contributed by atoms with E-state index in [-0.39, 0.29) is 28.1 Å². The van der Waals surface area contributed by atoms with Crippen molar-refractivity contribution in [3.8, 4) is 0 Å². The molecule has 9 heteroatoms. The molecule has 3 rings (SSSR count). The number of carboxylic acid groups (broad SMARTS) is 1. The zero-order valence-electron chi connectivity index (χ0n) is 19.6. The van der Waals surface area contributed by atoms with E-state index in [2.05, 4.69) is 10.3 Å². The molecule has 0 spiro atoms. The molecule has 1 amide bonds. The molecule has 188 valence electrons. The number of carbonyl (C=O) groups is 2. The summed E-state index contributed by atoms with van der Waals surface area (Å²) >= 11 is 12.1. The number of nitrogens with one attached hydrogen (secondary N) is 1. The molecule has 0 fully saturated rings. The first-order valence-corrected chi connectivity index (χ1v) is 11.9. The lowest BCUT2D eigenvalue weighted by atomic mass is 10.0. The molecule has 2 atom stereocenters. The second-order valence-corrected chi connectivity index (χ2v) is 8.58. The first-order chi connectivity index (χ1) is 17.4. The molecule has 3 aromatic rings. The van der Waals surface area contributed by atoms with Crippen LogP contribution in [0.15, 0.2) is 72.9 Å². The summed E-state index contributed by atoms with van der Waals surface area (Å²) in [5, 5.41) is 12.3. The van der Waals surface area contributed by atoms with E-state index in [1.54, 1.807) is 31.5 Å². The Labute approximate surface area is 219 Å². The van der Waals surface area contributed by atoms with E-state index in [9.17, 15) is 14.7 Å². The van der Waals surface area contributed by atoms with Crippen LogP contribution in [0.5, 0.6) is 0 Å². The summed E-state index contributed by atoms with van der Waals surface area (Å²) in [6.45, 7) is 0.884. The van der Waals surface area contributed by atoms with Gasteiger partial charge in [-0.1, -0.05) is 71.8 Å². The number of ether oxygens (including phenoxy) is 2. The molecule has 2 aromatic carbocycles. The average Bonchev–Trinajstić information content (AvgIpc) is 2.87. The van der Waals surface area contributed by atoms with Crippen molar-refractivity contribution < 1.29 is 24.2 Å². The highest BCUT2D eigenvalue weighted by atomic mass is 35.5. The van der Waals surface area contributed by atoms with Gasteiger partial charge in [0.2, 0.25) is 0 Å². The van der Waals surface area contributed by atoms with E-state index >= 15 is 0 Å². The minimum Gasteiger partial charge on any atom is -0.480 e. The summed E-state index contributed by atoms with van der Waals surface area (Å²) in [4.78, 5) is 28.7. The molecule has 36 heavy (non-hydrogen) atoms. The second-order valence-electron chi connectivity index (χ2n) is 7.76. The van der Waals surface area contributed by atoms with Crippen LogP contribution >= 0.6 is 23.2 Å². The first-order valence-electron chi connectivity index (χ1n) is 11.2. The fourth-order valence-electron chi connectivity index (χ4n) is 3.42. The van der Waals surface area contributed by atoms with Crippen molar-refractivity contribution in [3.05, 3.63) is 105 Å². The molecule has 0 saturated carbocycles. The van der Waals surface area contributed by atoms with Gasteiger partial charge in [-0.15, -0.1) is 0 Å². The maximum absolute atomic E-state index is 12.6. The molecule has 0 bridgehead atoms. The molecule has 0 radical (unpaired) electrons. The maximum atomic E-state index is 12.6. The Balaban J connectivity index is 1.67. The Morgan fingerprint density at radius 2 is 1.75 bits per heavy atom. The van der Waals surface area contributed by atoms with E-state index in [1.165, 1.54) is 12.1 Å². The lowest BCUT2D eigenvalue weighted by Gasteiger charge is -2.18. The number of nitrogens with zero attached hydrogens (tertiary/aromatic N) is 1. The fraction of sp³-hybridized carbons (Fsp3) is 0.222. The van der Waals surface area contributed by atoms with Crippen LogP contribution in [-0.2, 0) is 14.3 Å². The number of hydrogen-bond donors (Lipinski definition) is 2. The number of amides is 1. The Kier molecular flexibility index (Phi) is 10.5. The van der Waals surface area contributed by atoms with E-state index in [1.807, 2.05) is 42.5 Å². The maximum Gasteiger partial charge on any atom is 0.326 e. The third kappa shape index (κ3) is 7.63. The third-order valence-electron chi connectivity index (χ3n) is 5.24. The zero-order valence-corrected chi connectivity index (χ0v) is 21.1. The Bertz CT molecular complexity index is 1170. The molecule has 0 aliphatic carbocycles. The van der Waals surface area contributed by atoms with Crippen molar-refractivity contribution in [1.29, 1.82) is 0 Å². The Morgan fingerprint density at radius 3 is 2.36 bits per heavy atom. The summed E-state index contributed by atoms with van der Waals surface area (Å²) in [6.07, 6.45) is 4.92. The van der Waals surface area contributed by atoms with Gasteiger partial charge in [0.05, 0.1) is 34.5 Å². The van der Waals surface area contributed by atoms with Crippen LogP contribution in [0.2, 0.25) is 10.0 Å². The summed E-state index contributed by atoms with van der Waals surface area (Å²) in [5.41, 5.74) is 2.62. The van der Waals surface area contributed by atoms with Gasteiger partial charge in [0.1, 0.15) is 12.1 Å². The lowest BCUT2D eigenvalue weighted by Crippen LogP contribution is -2.40. The molecule has 1 heterocycles. The third-order valence-corrected chi connectivity index (χ3v) is 5.87. The van der Waals surface area contributed by atoms with Gasteiger partial charge in [0.25, 0.3) is 5.91 Å². The number of pyridine rings is 1. The highest BCUT2D eigenvalue weighted by Gasteiger charge is 2.22. The second kappa shape index (κ2) is 13.8. The topological polar surface area (TPSA) is 97.8 Å². The SMILES string of the molecule is COCCOC(c1ccc(/C=C/CC(NC(=O)c2c(Cl)cccc2Cl)C(=O)O)cc1)c1ccccn1. The average molecular weight is 529 g/mol. The first kappa shape index (κ1) is 27.4. The van der Waals surface area contributed by atoms with E-state index in [0.29, 0.717) is 13.2 Å². The molecule has 0 saturated heterocycles. The monoisotopic (exact) mass is 528 g/mol. The van der Waals surface area contributed by atoms with Crippen LogP contribution in [0, 0.1) is 0 Å². The predicted molar refractivity (Wildman–Crippen MR) is 139 cm³/mol. The number of aliphatic carboxylic acids is 1. The van der Waals surface area contributed by atoms with Gasteiger partial charge in [-0.3, -0.25) is 9.78 Å². The molecule has 2 unspecified atom stereocenters. The highest BCUT2D eigenvalue weighted by Crippen LogP contribution is 2.26. The van der Waals surface area contributed by atoms with Gasteiger partial charge < -0.3 is 19.9 Å². The van der Waals surface area contributed by atoms with Gasteiger partial charge in [-0.2, -0.15) is 0 Å². The van der Waals surface area contributed by atoms with E-state index in [4.69, 9.17) is 32.7 Å². The number of benzene rings is 2. The zero-order chi connectivity index (χ0) is 25.9. The minimum absolute atomic E-state index is 0.0434. The normalized spacial score (nSPS) is 12.9. The predicted octanol–water partition coefficient (Wildman–Crippen LogP) is 5.43.